The van der Waals surface area contributed by atoms with Crippen LogP contribution >= 0.6 is 0 Å². The zero-order valence-corrected chi connectivity index (χ0v) is 12.9. The van der Waals surface area contributed by atoms with Crippen LogP contribution in [0.25, 0.3) is 0 Å². The molecule has 116 valence electrons. The highest BCUT2D eigenvalue weighted by Crippen LogP contribution is 2.20. The molecule has 6 nitrogen and oxygen atoms in total. The lowest BCUT2D eigenvalue weighted by molar-refractivity contribution is 0.0526. The summed E-state index contributed by atoms with van der Waals surface area (Å²) in [5.74, 6) is 0.748. The van der Waals surface area contributed by atoms with Gasteiger partial charge in [-0.15, -0.1) is 0 Å². The summed E-state index contributed by atoms with van der Waals surface area (Å²) in [5, 5.41) is 0. The minimum absolute atomic E-state index is 0.0908. The molecule has 0 bridgehead atoms. The fourth-order valence-electron chi connectivity index (χ4n) is 1.87. The smallest absolute Gasteiger partial charge is 0.343 e. The fraction of sp³-hybridized carbons (Fsp3) is 0.312. The molecule has 1 aromatic heterocycles. The van der Waals surface area contributed by atoms with E-state index in [2.05, 4.69) is 9.97 Å². The molecule has 2 N–H and O–H groups in total. The van der Waals surface area contributed by atoms with Crippen LogP contribution in [-0.4, -0.2) is 22.5 Å². The Kier molecular flexibility index (Phi) is 4.93. The average Bonchev–Trinajstić information content (AvgIpc) is 2.48. The van der Waals surface area contributed by atoms with E-state index in [0.717, 1.165) is 16.9 Å². The van der Waals surface area contributed by atoms with Gasteiger partial charge < -0.3 is 15.2 Å². The van der Waals surface area contributed by atoms with Crippen molar-refractivity contribution >= 4 is 11.8 Å². The highest BCUT2D eigenvalue weighted by molar-refractivity contribution is 5.93. The lowest BCUT2D eigenvalue weighted by atomic mass is 10.1. The molecule has 0 fully saturated rings. The summed E-state index contributed by atoms with van der Waals surface area (Å²) < 4.78 is 10.6. The Morgan fingerprint density at radius 2 is 2.09 bits per heavy atom. The molecule has 0 saturated carbocycles. The largest absolute Gasteiger partial charge is 0.485 e. The Balaban J connectivity index is 2.09. The molecular formula is C16H19N3O3. The van der Waals surface area contributed by atoms with Crippen LogP contribution in [-0.2, 0) is 11.3 Å². The van der Waals surface area contributed by atoms with E-state index in [1.807, 2.05) is 32.0 Å². The molecule has 0 radical (unpaired) electrons. The maximum atomic E-state index is 11.6. The summed E-state index contributed by atoms with van der Waals surface area (Å²) in [5.41, 5.74) is 8.07. The van der Waals surface area contributed by atoms with E-state index in [0.29, 0.717) is 5.82 Å². The maximum Gasteiger partial charge on any atom is 0.343 e. The number of rotatable bonds is 5. The van der Waals surface area contributed by atoms with E-state index < -0.39 is 5.97 Å². The van der Waals surface area contributed by atoms with Gasteiger partial charge in [0.25, 0.3) is 0 Å². The van der Waals surface area contributed by atoms with Crippen LogP contribution in [0.2, 0.25) is 0 Å². The maximum absolute atomic E-state index is 11.6. The molecule has 0 aliphatic heterocycles. The molecular weight excluding hydrogens is 282 g/mol. The van der Waals surface area contributed by atoms with Crippen LogP contribution in [0.15, 0.2) is 24.4 Å². The number of anilines is 1. The van der Waals surface area contributed by atoms with Crippen molar-refractivity contribution in [3.63, 3.8) is 0 Å². The quantitative estimate of drug-likeness (QED) is 0.853. The zero-order valence-electron chi connectivity index (χ0n) is 12.9. The van der Waals surface area contributed by atoms with Gasteiger partial charge in [0.05, 0.1) is 6.61 Å². The van der Waals surface area contributed by atoms with E-state index in [1.165, 1.54) is 6.20 Å². The van der Waals surface area contributed by atoms with Crippen LogP contribution in [0.5, 0.6) is 5.75 Å². The summed E-state index contributed by atoms with van der Waals surface area (Å²) in [4.78, 5) is 19.8. The van der Waals surface area contributed by atoms with Crippen molar-refractivity contribution < 1.29 is 14.3 Å². The first kappa shape index (κ1) is 15.8. The summed E-state index contributed by atoms with van der Waals surface area (Å²) in [6.45, 7) is 6.14. The number of aryl methyl sites for hydroxylation is 2. The number of hydrogen-bond acceptors (Lipinski definition) is 6. The monoisotopic (exact) mass is 301 g/mol. The molecule has 2 rings (SSSR count). The molecule has 6 heteroatoms. The zero-order chi connectivity index (χ0) is 16.1. The predicted molar refractivity (Wildman–Crippen MR) is 82.6 cm³/mol. The molecule has 0 spiro atoms. The number of nitrogen functional groups attached to an aromatic ring is 1. The van der Waals surface area contributed by atoms with Crippen molar-refractivity contribution in [2.45, 2.75) is 27.4 Å². The van der Waals surface area contributed by atoms with Crippen LogP contribution < -0.4 is 10.5 Å². The van der Waals surface area contributed by atoms with Crippen molar-refractivity contribution in [1.82, 2.24) is 9.97 Å². The number of esters is 1. The Morgan fingerprint density at radius 3 is 2.77 bits per heavy atom. The minimum atomic E-state index is -0.526. The van der Waals surface area contributed by atoms with Crippen molar-refractivity contribution in [1.29, 1.82) is 0 Å². The Hall–Kier alpha value is -2.63. The number of carbonyl (C=O) groups is 1. The first-order chi connectivity index (χ1) is 10.5. The van der Waals surface area contributed by atoms with E-state index in [1.54, 1.807) is 6.92 Å². The molecule has 0 aliphatic carbocycles. The lowest BCUT2D eigenvalue weighted by Crippen LogP contribution is -2.12. The molecule has 2 aromatic rings. The van der Waals surface area contributed by atoms with Crippen molar-refractivity contribution in [3.8, 4) is 5.75 Å². The van der Waals surface area contributed by atoms with Gasteiger partial charge in [0.15, 0.2) is 5.82 Å². The Labute approximate surface area is 129 Å². The van der Waals surface area contributed by atoms with Crippen LogP contribution in [0.1, 0.15) is 34.2 Å². The van der Waals surface area contributed by atoms with E-state index in [9.17, 15) is 4.79 Å². The van der Waals surface area contributed by atoms with Crippen LogP contribution in [0, 0.1) is 13.8 Å². The van der Waals surface area contributed by atoms with Gasteiger partial charge in [0, 0.05) is 6.20 Å². The van der Waals surface area contributed by atoms with E-state index in [-0.39, 0.29) is 24.6 Å². The van der Waals surface area contributed by atoms with Gasteiger partial charge in [0.2, 0.25) is 0 Å². The highest BCUT2D eigenvalue weighted by Gasteiger charge is 2.13. The number of ether oxygens (including phenoxy) is 2. The summed E-state index contributed by atoms with van der Waals surface area (Å²) >= 11 is 0. The van der Waals surface area contributed by atoms with Crippen molar-refractivity contribution in [2.24, 2.45) is 0 Å². The molecule has 1 heterocycles. The number of benzene rings is 1. The third-order valence-corrected chi connectivity index (χ3v) is 3.06. The second-order valence-electron chi connectivity index (χ2n) is 4.86. The third kappa shape index (κ3) is 3.72. The second kappa shape index (κ2) is 6.89. The van der Waals surface area contributed by atoms with Gasteiger partial charge >= 0.3 is 5.97 Å². The molecule has 0 unspecified atom stereocenters. The first-order valence-electron chi connectivity index (χ1n) is 6.99. The molecule has 1 aromatic carbocycles. The van der Waals surface area contributed by atoms with E-state index in [4.69, 9.17) is 15.2 Å². The number of hydrogen-bond donors (Lipinski definition) is 1. The van der Waals surface area contributed by atoms with Gasteiger partial charge in [-0.3, -0.25) is 0 Å². The number of nitrogens with zero attached hydrogens (tertiary/aromatic N) is 2. The fourth-order valence-corrected chi connectivity index (χ4v) is 1.87. The van der Waals surface area contributed by atoms with E-state index >= 15 is 0 Å². The Morgan fingerprint density at radius 1 is 1.32 bits per heavy atom. The summed E-state index contributed by atoms with van der Waals surface area (Å²) in [6.07, 6.45) is 1.36. The number of nitrogens with two attached hydrogens (primary N) is 1. The van der Waals surface area contributed by atoms with Crippen LogP contribution in [0.4, 0.5) is 5.82 Å². The predicted octanol–water partition coefficient (Wildman–Crippen LogP) is 2.43. The average molecular weight is 301 g/mol. The molecule has 22 heavy (non-hydrogen) atoms. The molecule has 0 atom stereocenters. The second-order valence-corrected chi connectivity index (χ2v) is 4.86. The summed E-state index contributed by atoms with van der Waals surface area (Å²) in [7, 11) is 0. The topological polar surface area (TPSA) is 87.3 Å². The van der Waals surface area contributed by atoms with Gasteiger partial charge in [-0.05, 0) is 38.0 Å². The molecule has 0 aliphatic rings. The van der Waals surface area contributed by atoms with Crippen LogP contribution in [0.3, 0.4) is 0 Å². The van der Waals surface area contributed by atoms with Gasteiger partial charge in [-0.1, -0.05) is 12.1 Å². The highest BCUT2D eigenvalue weighted by atomic mass is 16.5. The SMILES string of the molecule is CCOC(=O)c1cnc(COc2cc(C)ccc2C)nc1N. The minimum Gasteiger partial charge on any atom is -0.485 e. The standard InChI is InChI=1S/C16H19N3O3/c1-4-21-16(20)12-8-18-14(19-15(12)17)9-22-13-7-10(2)5-6-11(13)3/h5-8H,4,9H2,1-3H3,(H2,17,18,19). The normalized spacial score (nSPS) is 10.3. The third-order valence-electron chi connectivity index (χ3n) is 3.06. The van der Waals surface area contributed by atoms with Gasteiger partial charge in [-0.2, -0.15) is 0 Å². The number of aromatic nitrogens is 2. The van der Waals surface area contributed by atoms with Gasteiger partial charge in [0.1, 0.15) is 23.7 Å². The molecule has 0 saturated heterocycles. The first-order valence-corrected chi connectivity index (χ1v) is 6.99. The number of carbonyl (C=O) groups excluding carboxylic acids is 1. The lowest BCUT2D eigenvalue weighted by Gasteiger charge is -2.10. The molecule has 0 amide bonds. The van der Waals surface area contributed by atoms with Gasteiger partial charge in [-0.25, -0.2) is 14.8 Å². The Bertz CT molecular complexity index is 686. The van der Waals surface area contributed by atoms with Crippen molar-refractivity contribution in [3.05, 3.63) is 46.9 Å². The van der Waals surface area contributed by atoms with Crippen molar-refractivity contribution in [2.75, 3.05) is 12.3 Å². The summed E-state index contributed by atoms with van der Waals surface area (Å²) in [6, 6.07) is 5.96.